The van der Waals surface area contributed by atoms with E-state index >= 15 is 0 Å². The largest absolute Gasteiger partial charge is 0.361 e. The fourth-order valence-corrected chi connectivity index (χ4v) is 2.47. The zero-order chi connectivity index (χ0) is 16.5. The third-order valence-corrected chi connectivity index (χ3v) is 3.67. The van der Waals surface area contributed by atoms with Gasteiger partial charge in [-0.2, -0.15) is 0 Å². The summed E-state index contributed by atoms with van der Waals surface area (Å²) < 4.78 is 4.91. The standard InChI is InChI=1S/C18H14N4O2/c1-11-10-16(22-24-11)18(23)19-13-8-6-12(7-9-13)17-20-14-4-2-3-5-15(14)21-17/h2-10H,1H3,(H,19,23)(H,20,21). The molecule has 6 nitrogen and oxygen atoms in total. The molecule has 6 heteroatoms. The number of benzene rings is 2. The van der Waals surface area contributed by atoms with E-state index < -0.39 is 0 Å². The number of aryl methyl sites for hydroxylation is 1. The van der Waals surface area contributed by atoms with Gasteiger partial charge in [0, 0.05) is 17.3 Å². The molecule has 1 amide bonds. The van der Waals surface area contributed by atoms with Crippen molar-refractivity contribution in [2.75, 3.05) is 5.32 Å². The normalized spacial score (nSPS) is 10.9. The molecule has 0 aliphatic heterocycles. The topological polar surface area (TPSA) is 83.8 Å². The van der Waals surface area contributed by atoms with Crippen LogP contribution in [0.2, 0.25) is 0 Å². The van der Waals surface area contributed by atoms with Gasteiger partial charge in [0.15, 0.2) is 5.69 Å². The van der Waals surface area contributed by atoms with Crippen LogP contribution < -0.4 is 5.32 Å². The Morgan fingerprint density at radius 1 is 1.12 bits per heavy atom. The van der Waals surface area contributed by atoms with Crippen LogP contribution in [0, 0.1) is 6.92 Å². The maximum absolute atomic E-state index is 12.0. The number of fused-ring (bicyclic) bond motifs is 1. The Labute approximate surface area is 137 Å². The maximum atomic E-state index is 12.0. The summed E-state index contributed by atoms with van der Waals surface area (Å²) in [5, 5.41) is 6.48. The second kappa shape index (κ2) is 5.66. The van der Waals surface area contributed by atoms with Crippen molar-refractivity contribution in [3.8, 4) is 11.4 Å². The van der Waals surface area contributed by atoms with E-state index in [0.29, 0.717) is 11.4 Å². The van der Waals surface area contributed by atoms with E-state index in [1.165, 1.54) is 0 Å². The molecule has 0 radical (unpaired) electrons. The number of rotatable bonds is 3. The first-order chi connectivity index (χ1) is 11.7. The molecule has 0 unspecified atom stereocenters. The number of amides is 1. The van der Waals surface area contributed by atoms with Crippen LogP contribution in [0.25, 0.3) is 22.4 Å². The summed E-state index contributed by atoms with van der Waals surface area (Å²) in [7, 11) is 0. The van der Waals surface area contributed by atoms with Crippen LogP contribution in [0.5, 0.6) is 0 Å². The van der Waals surface area contributed by atoms with Crippen LogP contribution in [-0.2, 0) is 0 Å². The number of carbonyl (C=O) groups excluding carboxylic acids is 1. The Morgan fingerprint density at radius 2 is 1.92 bits per heavy atom. The number of H-pyrrole nitrogens is 1. The molecule has 0 fully saturated rings. The minimum atomic E-state index is -0.302. The van der Waals surface area contributed by atoms with Gasteiger partial charge in [-0.25, -0.2) is 4.98 Å². The molecule has 0 bridgehead atoms. The van der Waals surface area contributed by atoms with E-state index in [4.69, 9.17) is 4.52 Å². The number of para-hydroxylation sites is 2. The third-order valence-electron chi connectivity index (χ3n) is 3.67. The fourth-order valence-electron chi connectivity index (χ4n) is 2.47. The molecular formula is C18H14N4O2. The van der Waals surface area contributed by atoms with Gasteiger partial charge < -0.3 is 14.8 Å². The number of hydrogen-bond donors (Lipinski definition) is 2. The zero-order valence-electron chi connectivity index (χ0n) is 12.9. The molecule has 0 saturated heterocycles. The molecule has 0 spiro atoms. The summed E-state index contributed by atoms with van der Waals surface area (Å²) in [6, 6.07) is 16.9. The van der Waals surface area contributed by atoms with Gasteiger partial charge >= 0.3 is 0 Å². The number of aromatic amines is 1. The van der Waals surface area contributed by atoms with E-state index in [-0.39, 0.29) is 11.6 Å². The first-order valence-electron chi connectivity index (χ1n) is 7.49. The van der Waals surface area contributed by atoms with Crippen molar-refractivity contribution in [1.29, 1.82) is 0 Å². The van der Waals surface area contributed by atoms with Gasteiger partial charge in [-0.15, -0.1) is 0 Å². The zero-order valence-corrected chi connectivity index (χ0v) is 12.9. The number of anilines is 1. The molecular weight excluding hydrogens is 304 g/mol. The van der Waals surface area contributed by atoms with Crippen molar-refractivity contribution in [1.82, 2.24) is 15.1 Å². The number of aromatic nitrogens is 3. The average Bonchev–Trinajstić information content (AvgIpc) is 3.21. The van der Waals surface area contributed by atoms with Crippen molar-refractivity contribution < 1.29 is 9.32 Å². The molecule has 2 aromatic carbocycles. The number of imidazole rings is 1. The summed E-state index contributed by atoms with van der Waals surface area (Å²) in [4.78, 5) is 19.9. The number of carbonyl (C=O) groups is 1. The van der Waals surface area contributed by atoms with Gasteiger partial charge in [-0.3, -0.25) is 4.79 Å². The Morgan fingerprint density at radius 3 is 2.62 bits per heavy atom. The van der Waals surface area contributed by atoms with E-state index in [1.807, 2.05) is 48.5 Å². The highest BCUT2D eigenvalue weighted by atomic mass is 16.5. The number of hydrogen-bond acceptors (Lipinski definition) is 4. The van der Waals surface area contributed by atoms with E-state index in [0.717, 1.165) is 22.4 Å². The second-order valence-electron chi connectivity index (χ2n) is 5.46. The lowest BCUT2D eigenvalue weighted by Crippen LogP contribution is -2.11. The van der Waals surface area contributed by atoms with Crippen molar-refractivity contribution in [3.63, 3.8) is 0 Å². The van der Waals surface area contributed by atoms with E-state index in [9.17, 15) is 4.79 Å². The molecule has 2 N–H and O–H groups in total. The highest BCUT2D eigenvalue weighted by Crippen LogP contribution is 2.22. The Bertz CT molecular complexity index is 982. The molecule has 118 valence electrons. The number of nitrogens with zero attached hydrogens (tertiary/aromatic N) is 2. The second-order valence-corrected chi connectivity index (χ2v) is 5.46. The van der Waals surface area contributed by atoms with Gasteiger partial charge in [-0.1, -0.05) is 17.3 Å². The number of nitrogens with one attached hydrogen (secondary N) is 2. The van der Waals surface area contributed by atoms with Gasteiger partial charge in [0.25, 0.3) is 5.91 Å². The van der Waals surface area contributed by atoms with Crippen molar-refractivity contribution in [2.45, 2.75) is 6.92 Å². The average molecular weight is 318 g/mol. The minimum Gasteiger partial charge on any atom is -0.361 e. The molecule has 0 aliphatic rings. The predicted octanol–water partition coefficient (Wildman–Crippen LogP) is 3.78. The highest BCUT2D eigenvalue weighted by molar-refractivity contribution is 6.02. The Hall–Kier alpha value is -3.41. The van der Waals surface area contributed by atoms with Gasteiger partial charge in [0.05, 0.1) is 11.0 Å². The molecule has 24 heavy (non-hydrogen) atoms. The Kier molecular flexibility index (Phi) is 3.35. The van der Waals surface area contributed by atoms with Gasteiger partial charge in [0.1, 0.15) is 11.6 Å². The summed E-state index contributed by atoms with van der Waals surface area (Å²) >= 11 is 0. The summed E-state index contributed by atoms with van der Waals surface area (Å²) in [5.74, 6) is 1.09. The molecule has 0 saturated carbocycles. The monoisotopic (exact) mass is 318 g/mol. The van der Waals surface area contributed by atoms with E-state index in [1.54, 1.807) is 13.0 Å². The lowest BCUT2D eigenvalue weighted by Gasteiger charge is -2.03. The molecule has 0 atom stereocenters. The smallest absolute Gasteiger partial charge is 0.277 e. The fraction of sp³-hybridized carbons (Fsp3) is 0.0556. The van der Waals surface area contributed by atoms with Crippen LogP contribution in [0.15, 0.2) is 59.1 Å². The van der Waals surface area contributed by atoms with Crippen molar-refractivity contribution in [3.05, 3.63) is 66.1 Å². The molecule has 0 aliphatic carbocycles. The van der Waals surface area contributed by atoms with Crippen LogP contribution in [0.4, 0.5) is 5.69 Å². The van der Waals surface area contributed by atoms with Crippen LogP contribution >= 0.6 is 0 Å². The Balaban J connectivity index is 1.55. The third kappa shape index (κ3) is 2.65. The lowest BCUT2D eigenvalue weighted by molar-refractivity contribution is 0.101. The predicted molar refractivity (Wildman–Crippen MR) is 90.7 cm³/mol. The van der Waals surface area contributed by atoms with Crippen LogP contribution in [0.1, 0.15) is 16.2 Å². The summed E-state index contributed by atoms with van der Waals surface area (Å²) in [6.07, 6.45) is 0. The van der Waals surface area contributed by atoms with Gasteiger partial charge in [0.2, 0.25) is 0 Å². The lowest BCUT2D eigenvalue weighted by atomic mass is 10.2. The van der Waals surface area contributed by atoms with Crippen molar-refractivity contribution in [2.24, 2.45) is 0 Å². The molecule has 4 aromatic rings. The first kappa shape index (κ1) is 14.2. The van der Waals surface area contributed by atoms with E-state index in [2.05, 4.69) is 20.4 Å². The summed E-state index contributed by atoms with van der Waals surface area (Å²) in [6.45, 7) is 1.74. The maximum Gasteiger partial charge on any atom is 0.277 e. The van der Waals surface area contributed by atoms with Crippen LogP contribution in [-0.4, -0.2) is 21.0 Å². The minimum absolute atomic E-state index is 0.258. The quantitative estimate of drug-likeness (QED) is 0.602. The van der Waals surface area contributed by atoms with Crippen molar-refractivity contribution >= 4 is 22.6 Å². The summed E-state index contributed by atoms with van der Waals surface area (Å²) in [5.41, 5.74) is 3.80. The van der Waals surface area contributed by atoms with Crippen LogP contribution in [0.3, 0.4) is 0 Å². The highest BCUT2D eigenvalue weighted by Gasteiger charge is 2.11. The molecule has 2 heterocycles. The SMILES string of the molecule is Cc1cc(C(=O)Nc2ccc(-c3nc4ccccc4[nH]3)cc2)no1. The molecule has 2 aromatic heterocycles. The molecule has 4 rings (SSSR count). The first-order valence-corrected chi connectivity index (χ1v) is 7.49. The van der Waals surface area contributed by atoms with Gasteiger partial charge in [-0.05, 0) is 43.3 Å².